The molecule has 0 aromatic heterocycles. The number of hydrogen-bond donors (Lipinski definition) is 1. The molecule has 1 N–H and O–H groups in total. The molecule has 1 rings (SSSR count). The summed E-state index contributed by atoms with van der Waals surface area (Å²) in [6.45, 7) is 2.68. The van der Waals surface area contributed by atoms with Gasteiger partial charge in [-0.2, -0.15) is 0 Å². The number of carboxylic acid groups (broad SMARTS) is 1. The second kappa shape index (κ2) is 6.92. The lowest BCUT2D eigenvalue weighted by Crippen LogP contribution is -2.36. The number of carbonyl (C=O) groups is 2. The molecule has 0 bridgehead atoms. The van der Waals surface area contributed by atoms with Gasteiger partial charge in [0.05, 0.1) is 6.54 Å². The van der Waals surface area contributed by atoms with Crippen LogP contribution in [0.3, 0.4) is 0 Å². The first-order valence-corrected chi connectivity index (χ1v) is 5.79. The van der Waals surface area contributed by atoms with Crippen LogP contribution in [0.2, 0.25) is 0 Å². The second-order valence-corrected chi connectivity index (χ2v) is 4.11. The van der Waals surface area contributed by atoms with E-state index in [-0.39, 0.29) is 12.5 Å². The molecule has 1 aliphatic heterocycles. The molecule has 94 valence electrons. The van der Waals surface area contributed by atoms with Crippen LogP contribution in [0.1, 0.15) is 19.3 Å². The first-order chi connectivity index (χ1) is 8.13. The molecule has 0 saturated carbocycles. The van der Waals surface area contributed by atoms with E-state index in [0.717, 1.165) is 13.0 Å². The summed E-state index contributed by atoms with van der Waals surface area (Å²) in [7, 11) is 0. The van der Waals surface area contributed by atoms with Gasteiger partial charge < -0.3 is 10.0 Å². The Labute approximate surface area is 101 Å². The van der Waals surface area contributed by atoms with Crippen molar-refractivity contribution in [3.05, 3.63) is 0 Å². The number of rotatable bonds is 4. The molecule has 0 unspecified atom stereocenters. The van der Waals surface area contributed by atoms with Crippen molar-refractivity contribution >= 4 is 11.9 Å². The van der Waals surface area contributed by atoms with Crippen LogP contribution in [0.5, 0.6) is 0 Å². The minimum absolute atomic E-state index is 0.0480. The average Bonchev–Trinajstić information content (AvgIpc) is 2.51. The molecule has 1 aliphatic rings. The number of carboxylic acids is 1. The van der Waals surface area contributed by atoms with Gasteiger partial charge in [0.1, 0.15) is 0 Å². The Balaban J connectivity index is 2.39. The van der Waals surface area contributed by atoms with Gasteiger partial charge in [-0.3, -0.25) is 14.5 Å². The summed E-state index contributed by atoms with van der Waals surface area (Å²) in [5.74, 6) is 1.70. The van der Waals surface area contributed by atoms with E-state index in [4.69, 9.17) is 11.5 Å². The summed E-state index contributed by atoms with van der Waals surface area (Å²) in [4.78, 5) is 26.0. The van der Waals surface area contributed by atoms with Crippen molar-refractivity contribution < 1.29 is 14.7 Å². The Hall–Kier alpha value is -1.54. The van der Waals surface area contributed by atoms with Gasteiger partial charge in [0.15, 0.2) is 0 Å². The first kappa shape index (κ1) is 13.5. The Morgan fingerprint density at radius 1 is 1.24 bits per heavy atom. The number of aliphatic carboxylic acids is 1. The van der Waals surface area contributed by atoms with Crippen LogP contribution in [0.4, 0.5) is 0 Å². The largest absolute Gasteiger partial charge is 0.480 e. The standard InChI is InChI=1S/C12H18N2O3/c1-2-3-5-11(15)14-7-4-6-13(8-9-14)10-12(16)17/h1H,3-10H2,(H,16,17). The molecule has 1 heterocycles. The zero-order valence-electron chi connectivity index (χ0n) is 9.89. The van der Waals surface area contributed by atoms with E-state index in [1.54, 1.807) is 4.90 Å². The van der Waals surface area contributed by atoms with Crippen molar-refractivity contribution in [3.63, 3.8) is 0 Å². The topological polar surface area (TPSA) is 60.9 Å². The second-order valence-electron chi connectivity index (χ2n) is 4.11. The number of nitrogens with zero attached hydrogens (tertiary/aromatic N) is 2. The predicted octanol–water partition coefficient (Wildman–Crippen LogP) is 0.0187. The molecule has 5 nitrogen and oxygen atoms in total. The molecule has 1 fully saturated rings. The molecule has 0 spiro atoms. The predicted molar refractivity (Wildman–Crippen MR) is 63.3 cm³/mol. The van der Waals surface area contributed by atoms with Crippen LogP contribution in [-0.2, 0) is 9.59 Å². The molecule has 17 heavy (non-hydrogen) atoms. The van der Waals surface area contributed by atoms with E-state index in [2.05, 4.69) is 5.92 Å². The normalized spacial score (nSPS) is 17.2. The molecule has 1 amide bonds. The maximum atomic E-state index is 11.7. The third-order valence-corrected chi connectivity index (χ3v) is 2.78. The summed E-state index contributed by atoms with van der Waals surface area (Å²) in [6.07, 6.45) is 6.79. The van der Waals surface area contributed by atoms with E-state index in [1.165, 1.54) is 0 Å². The van der Waals surface area contributed by atoms with Crippen LogP contribution < -0.4 is 0 Å². The molecular weight excluding hydrogens is 220 g/mol. The lowest BCUT2D eigenvalue weighted by Gasteiger charge is -2.20. The Bertz CT molecular complexity index is 322. The van der Waals surface area contributed by atoms with Gasteiger partial charge in [0.2, 0.25) is 5.91 Å². The highest BCUT2D eigenvalue weighted by Crippen LogP contribution is 2.05. The van der Waals surface area contributed by atoms with Gasteiger partial charge in [-0.25, -0.2) is 0 Å². The van der Waals surface area contributed by atoms with Crippen molar-refractivity contribution in [2.45, 2.75) is 19.3 Å². The van der Waals surface area contributed by atoms with E-state index >= 15 is 0 Å². The van der Waals surface area contributed by atoms with E-state index in [1.807, 2.05) is 4.90 Å². The number of amides is 1. The number of carbonyl (C=O) groups excluding carboxylic acids is 1. The lowest BCUT2D eigenvalue weighted by atomic mass is 10.2. The van der Waals surface area contributed by atoms with Crippen LogP contribution in [0.15, 0.2) is 0 Å². The quantitative estimate of drug-likeness (QED) is 0.701. The zero-order valence-corrected chi connectivity index (χ0v) is 9.89. The van der Waals surface area contributed by atoms with Crippen molar-refractivity contribution in [1.29, 1.82) is 0 Å². The summed E-state index contributed by atoms with van der Waals surface area (Å²) in [5.41, 5.74) is 0. The van der Waals surface area contributed by atoms with Crippen LogP contribution in [-0.4, -0.2) is 59.5 Å². The average molecular weight is 238 g/mol. The van der Waals surface area contributed by atoms with Gasteiger partial charge in [-0.1, -0.05) is 0 Å². The van der Waals surface area contributed by atoms with Crippen LogP contribution in [0.25, 0.3) is 0 Å². The molecule has 0 aliphatic carbocycles. The minimum atomic E-state index is -0.822. The fourth-order valence-electron chi connectivity index (χ4n) is 1.91. The molecule has 1 saturated heterocycles. The van der Waals surface area contributed by atoms with Gasteiger partial charge >= 0.3 is 5.97 Å². The molecule has 0 atom stereocenters. The smallest absolute Gasteiger partial charge is 0.317 e. The molecular formula is C12H18N2O3. The fourth-order valence-corrected chi connectivity index (χ4v) is 1.91. The highest BCUT2D eigenvalue weighted by Gasteiger charge is 2.19. The van der Waals surface area contributed by atoms with Crippen molar-refractivity contribution in [2.24, 2.45) is 0 Å². The van der Waals surface area contributed by atoms with Crippen molar-refractivity contribution in [3.8, 4) is 12.3 Å². The summed E-state index contributed by atoms with van der Waals surface area (Å²) < 4.78 is 0. The summed E-state index contributed by atoms with van der Waals surface area (Å²) >= 11 is 0. The molecule has 5 heteroatoms. The summed E-state index contributed by atoms with van der Waals surface area (Å²) in [6, 6.07) is 0. The lowest BCUT2D eigenvalue weighted by molar-refractivity contribution is -0.138. The maximum Gasteiger partial charge on any atom is 0.317 e. The number of terminal acetylenes is 1. The van der Waals surface area contributed by atoms with Gasteiger partial charge in [0, 0.05) is 39.0 Å². The van der Waals surface area contributed by atoms with Crippen LogP contribution in [0, 0.1) is 12.3 Å². The maximum absolute atomic E-state index is 11.7. The highest BCUT2D eigenvalue weighted by molar-refractivity contribution is 5.76. The van der Waals surface area contributed by atoms with E-state index < -0.39 is 5.97 Å². The van der Waals surface area contributed by atoms with Gasteiger partial charge in [-0.15, -0.1) is 12.3 Å². The minimum Gasteiger partial charge on any atom is -0.480 e. The third-order valence-electron chi connectivity index (χ3n) is 2.78. The van der Waals surface area contributed by atoms with Crippen molar-refractivity contribution in [2.75, 3.05) is 32.7 Å². The Morgan fingerprint density at radius 2 is 2.00 bits per heavy atom. The third kappa shape index (κ3) is 4.87. The van der Waals surface area contributed by atoms with Gasteiger partial charge in [0.25, 0.3) is 0 Å². The monoisotopic (exact) mass is 238 g/mol. The van der Waals surface area contributed by atoms with Crippen molar-refractivity contribution in [1.82, 2.24) is 9.80 Å². The summed E-state index contributed by atoms with van der Waals surface area (Å²) in [5, 5.41) is 8.70. The van der Waals surface area contributed by atoms with E-state index in [9.17, 15) is 9.59 Å². The Morgan fingerprint density at radius 3 is 2.65 bits per heavy atom. The van der Waals surface area contributed by atoms with E-state index in [0.29, 0.717) is 32.5 Å². The highest BCUT2D eigenvalue weighted by atomic mass is 16.4. The number of hydrogen-bond acceptors (Lipinski definition) is 3. The molecule has 0 aromatic carbocycles. The fraction of sp³-hybridized carbons (Fsp3) is 0.667. The molecule has 0 radical (unpaired) electrons. The van der Waals surface area contributed by atoms with Crippen LogP contribution >= 0.6 is 0 Å². The zero-order chi connectivity index (χ0) is 12.7. The first-order valence-electron chi connectivity index (χ1n) is 5.79. The molecule has 0 aromatic rings. The Kier molecular flexibility index (Phi) is 5.50. The SMILES string of the molecule is C#CCCC(=O)N1CCCN(CC(=O)O)CC1. The van der Waals surface area contributed by atoms with Gasteiger partial charge in [-0.05, 0) is 6.42 Å².